The van der Waals surface area contributed by atoms with Crippen LogP contribution in [-0.4, -0.2) is 42.1 Å². The van der Waals surface area contributed by atoms with Crippen molar-refractivity contribution < 1.29 is 24.2 Å². The number of anilines is 1. The monoisotopic (exact) mass is 485 g/mol. The normalized spacial score (nSPS) is 15.6. The highest BCUT2D eigenvalue weighted by molar-refractivity contribution is 5.87. The van der Waals surface area contributed by atoms with Gasteiger partial charge in [0.25, 0.3) is 0 Å². The molecule has 184 valence electrons. The van der Waals surface area contributed by atoms with Crippen molar-refractivity contribution in [3.8, 4) is 17.6 Å². The van der Waals surface area contributed by atoms with Crippen LogP contribution in [0.1, 0.15) is 29.2 Å². The topological polar surface area (TPSA) is 112 Å². The lowest BCUT2D eigenvalue weighted by molar-refractivity contribution is -0.141. The van der Waals surface area contributed by atoms with Crippen molar-refractivity contribution in [1.82, 2.24) is 4.90 Å². The number of carbonyl (C=O) groups is 2. The van der Waals surface area contributed by atoms with E-state index < -0.39 is 17.9 Å². The lowest BCUT2D eigenvalue weighted by Crippen LogP contribution is -2.37. The standard InChI is InChI=1S/C28H27N3O5/c1-35-25-15-21(9-12-24(25)36-18-20-5-3-2-4-6-20)26(30-23-10-7-19(16-29)8-11-23)27(32)31-14-13-22(17-31)28(33)34/h2-12,15,22,26,30H,13-14,17-18H2,1H3,(H,33,34)/t22-,26?/m1/s1. The first kappa shape index (κ1) is 24.6. The summed E-state index contributed by atoms with van der Waals surface area (Å²) >= 11 is 0. The number of carbonyl (C=O) groups excluding carboxylic acids is 1. The third-order valence-corrected chi connectivity index (χ3v) is 6.18. The number of likely N-dealkylation sites (tertiary alicyclic amines) is 1. The quantitative estimate of drug-likeness (QED) is 0.466. The zero-order valence-electron chi connectivity index (χ0n) is 19.9. The molecule has 0 spiro atoms. The van der Waals surface area contributed by atoms with Crippen LogP contribution >= 0.6 is 0 Å². The molecule has 0 saturated carbocycles. The van der Waals surface area contributed by atoms with Crippen molar-refractivity contribution >= 4 is 17.6 Å². The van der Waals surface area contributed by atoms with Gasteiger partial charge in [0.05, 0.1) is 24.7 Å². The number of rotatable bonds is 9. The molecule has 0 radical (unpaired) electrons. The van der Waals surface area contributed by atoms with Crippen LogP contribution in [0, 0.1) is 17.2 Å². The summed E-state index contributed by atoms with van der Waals surface area (Å²) in [5, 5.41) is 21.7. The van der Waals surface area contributed by atoms with Crippen LogP contribution in [0.2, 0.25) is 0 Å². The van der Waals surface area contributed by atoms with E-state index in [1.54, 1.807) is 47.4 Å². The Bertz CT molecular complexity index is 1250. The minimum atomic E-state index is -0.900. The fourth-order valence-corrected chi connectivity index (χ4v) is 4.16. The maximum atomic E-state index is 13.6. The van der Waals surface area contributed by atoms with Crippen molar-refractivity contribution in [2.24, 2.45) is 5.92 Å². The number of nitrogens with zero attached hydrogens (tertiary/aromatic N) is 2. The first-order valence-corrected chi connectivity index (χ1v) is 11.6. The molecule has 1 amide bonds. The molecule has 0 aromatic heterocycles. The van der Waals surface area contributed by atoms with Gasteiger partial charge in [0.2, 0.25) is 5.91 Å². The number of carboxylic acid groups (broad SMARTS) is 1. The maximum Gasteiger partial charge on any atom is 0.308 e. The predicted molar refractivity (Wildman–Crippen MR) is 134 cm³/mol. The highest BCUT2D eigenvalue weighted by Gasteiger charge is 2.35. The van der Waals surface area contributed by atoms with Crippen molar-refractivity contribution in [2.45, 2.75) is 19.1 Å². The molecule has 8 nitrogen and oxygen atoms in total. The van der Waals surface area contributed by atoms with Gasteiger partial charge >= 0.3 is 5.97 Å². The summed E-state index contributed by atoms with van der Waals surface area (Å²) in [4.78, 5) is 26.6. The van der Waals surface area contributed by atoms with E-state index in [1.165, 1.54) is 7.11 Å². The van der Waals surface area contributed by atoms with Crippen molar-refractivity contribution in [3.05, 3.63) is 89.5 Å². The molecular formula is C28H27N3O5. The van der Waals surface area contributed by atoms with Crippen LogP contribution in [0.25, 0.3) is 0 Å². The van der Waals surface area contributed by atoms with E-state index in [4.69, 9.17) is 14.7 Å². The highest BCUT2D eigenvalue weighted by Crippen LogP contribution is 2.34. The Morgan fingerprint density at radius 1 is 1.11 bits per heavy atom. The number of nitriles is 1. The number of amides is 1. The van der Waals surface area contributed by atoms with E-state index >= 15 is 0 Å². The van der Waals surface area contributed by atoms with Crippen LogP contribution in [0.3, 0.4) is 0 Å². The Morgan fingerprint density at radius 2 is 1.86 bits per heavy atom. The van der Waals surface area contributed by atoms with E-state index in [9.17, 15) is 14.7 Å². The second-order valence-electron chi connectivity index (χ2n) is 8.56. The summed E-state index contributed by atoms with van der Waals surface area (Å²) in [6.45, 7) is 0.901. The Kier molecular flexibility index (Phi) is 7.71. The molecule has 1 fully saturated rings. The molecular weight excluding hydrogens is 458 g/mol. The predicted octanol–water partition coefficient (Wildman–Crippen LogP) is 4.23. The maximum absolute atomic E-state index is 13.6. The van der Waals surface area contributed by atoms with Gasteiger partial charge < -0.3 is 24.8 Å². The zero-order chi connectivity index (χ0) is 25.5. The van der Waals surface area contributed by atoms with Gasteiger partial charge in [0, 0.05) is 18.8 Å². The molecule has 2 N–H and O–H groups in total. The number of hydrogen-bond donors (Lipinski definition) is 2. The fourth-order valence-electron chi connectivity index (χ4n) is 4.16. The minimum absolute atomic E-state index is 0.162. The highest BCUT2D eigenvalue weighted by atomic mass is 16.5. The Balaban J connectivity index is 1.60. The largest absolute Gasteiger partial charge is 0.493 e. The third kappa shape index (κ3) is 5.76. The van der Waals surface area contributed by atoms with Crippen LogP contribution < -0.4 is 14.8 Å². The molecule has 0 aliphatic carbocycles. The molecule has 3 aromatic carbocycles. The molecule has 3 aromatic rings. The number of nitrogens with one attached hydrogen (secondary N) is 1. The fraction of sp³-hybridized carbons (Fsp3) is 0.250. The number of carboxylic acids is 1. The van der Waals surface area contributed by atoms with Crippen LogP contribution in [-0.2, 0) is 16.2 Å². The second kappa shape index (κ2) is 11.3. The molecule has 1 heterocycles. The van der Waals surface area contributed by atoms with Crippen LogP contribution in [0.15, 0.2) is 72.8 Å². The van der Waals surface area contributed by atoms with Crippen LogP contribution in [0.5, 0.6) is 11.5 Å². The van der Waals surface area contributed by atoms with Crippen molar-refractivity contribution in [1.29, 1.82) is 5.26 Å². The molecule has 1 aliphatic heterocycles. The van der Waals surface area contributed by atoms with Gasteiger partial charge in [-0.05, 0) is 53.9 Å². The van der Waals surface area contributed by atoms with E-state index in [2.05, 4.69) is 11.4 Å². The molecule has 4 rings (SSSR count). The molecule has 0 bridgehead atoms. The summed E-state index contributed by atoms with van der Waals surface area (Å²) in [6.07, 6.45) is 0.417. The first-order valence-electron chi connectivity index (χ1n) is 11.6. The molecule has 1 unspecified atom stereocenters. The lowest BCUT2D eigenvalue weighted by atomic mass is 10.0. The Labute approximate surface area is 209 Å². The zero-order valence-corrected chi connectivity index (χ0v) is 19.9. The van der Waals surface area contributed by atoms with E-state index in [1.807, 2.05) is 30.3 Å². The van der Waals surface area contributed by atoms with E-state index in [-0.39, 0.29) is 12.5 Å². The van der Waals surface area contributed by atoms with Crippen molar-refractivity contribution in [2.75, 3.05) is 25.5 Å². The summed E-state index contributed by atoms with van der Waals surface area (Å²) in [5.74, 6) is -0.686. The third-order valence-electron chi connectivity index (χ3n) is 6.18. The molecule has 8 heteroatoms. The van der Waals surface area contributed by atoms with Crippen molar-refractivity contribution in [3.63, 3.8) is 0 Å². The Hall–Kier alpha value is -4.51. The smallest absolute Gasteiger partial charge is 0.308 e. The number of benzene rings is 3. The van der Waals surface area contributed by atoms with Gasteiger partial charge in [-0.25, -0.2) is 0 Å². The van der Waals surface area contributed by atoms with E-state index in [0.717, 1.165) is 5.56 Å². The summed E-state index contributed by atoms with van der Waals surface area (Å²) in [5.41, 5.74) is 2.83. The lowest BCUT2D eigenvalue weighted by Gasteiger charge is -2.26. The molecule has 1 saturated heterocycles. The molecule has 1 aliphatic rings. The van der Waals surface area contributed by atoms with Gasteiger partial charge in [0.15, 0.2) is 11.5 Å². The number of methoxy groups -OCH3 is 1. The van der Waals surface area contributed by atoms with Gasteiger partial charge in [-0.1, -0.05) is 36.4 Å². The minimum Gasteiger partial charge on any atom is -0.493 e. The average Bonchev–Trinajstić information content (AvgIpc) is 3.42. The van der Waals surface area contributed by atoms with Gasteiger partial charge in [0.1, 0.15) is 12.6 Å². The summed E-state index contributed by atoms with van der Waals surface area (Å²) in [7, 11) is 1.54. The van der Waals surface area contributed by atoms with Gasteiger partial charge in [-0.15, -0.1) is 0 Å². The van der Waals surface area contributed by atoms with Gasteiger partial charge in [-0.2, -0.15) is 5.26 Å². The number of ether oxygens (including phenoxy) is 2. The van der Waals surface area contributed by atoms with Gasteiger partial charge in [-0.3, -0.25) is 9.59 Å². The number of hydrogen-bond acceptors (Lipinski definition) is 6. The first-order chi connectivity index (χ1) is 17.5. The Morgan fingerprint density at radius 3 is 2.50 bits per heavy atom. The average molecular weight is 486 g/mol. The van der Waals surface area contributed by atoms with E-state index in [0.29, 0.717) is 47.9 Å². The SMILES string of the molecule is COc1cc(C(Nc2ccc(C#N)cc2)C(=O)N2CC[C@@H](C(=O)O)C2)ccc1OCc1ccccc1. The van der Waals surface area contributed by atoms with Crippen LogP contribution in [0.4, 0.5) is 5.69 Å². The molecule has 36 heavy (non-hydrogen) atoms. The summed E-state index contributed by atoms with van der Waals surface area (Å²) < 4.78 is 11.5. The number of aliphatic carboxylic acids is 1. The summed E-state index contributed by atoms with van der Waals surface area (Å²) in [6, 6.07) is 23.2. The second-order valence-corrected chi connectivity index (χ2v) is 8.56. The molecule has 2 atom stereocenters.